The zero-order chi connectivity index (χ0) is 21.1. The fraction of sp³-hybridized carbons (Fsp3) is 0.150. The van der Waals surface area contributed by atoms with E-state index >= 15 is 0 Å². The van der Waals surface area contributed by atoms with Gasteiger partial charge in [0.25, 0.3) is 17.4 Å². The number of benzene rings is 2. The number of hydrogen-bond donors (Lipinski definition) is 1. The Morgan fingerprint density at radius 1 is 1.07 bits per heavy atom. The Balaban J connectivity index is 2.14. The van der Waals surface area contributed by atoms with Crippen molar-refractivity contribution in [2.75, 3.05) is 6.54 Å². The first-order chi connectivity index (χ1) is 13.8. The lowest BCUT2D eigenvalue weighted by Gasteiger charge is -2.25. The number of carbonyl (C=O) groups excluding carboxylic acids is 3. The van der Waals surface area contributed by atoms with Crippen LogP contribution in [0.2, 0.25) is 0 Å². The normalized spacial score (nSPS) is 18.1. The lowest BCUT2D eigenvalue weighted by molar-refractivity contribution is -0.384. The first kappa shape index (κ1) is 19.7. The highest BCUT2D eigenvalue weighted by Crippen LogP contribution is 2.39. The third kappa shape index (κ3) is 3.84. The van der Waals surface area contributed by atoms with Gasteiger partial charge in [-0.1, -0.05) is 30.3 Å². The number of aliphatic hydroxyl groups excluding tert-OH is 1. The molecule has 0 spiro atoms. The largest absolute Gasteiger partial charge is 0.550 e. The summed E-state index contributed by atoms with van der Waals surface area (Å²) in [5.41, 5.74) is 0.222. The second kappa shape index (κ2) is 7.93. The summed E-state index contributed by atoms with van der Waals surface area (Å²) < 4.78 is 0. The van der Waals surface area contributed by atoms with Gasteiger partial charge < -0.3 is 19.9 Å². The summed E-state index contributed by atoms with van der Waals surface area (Å²) in [6, 6.07) is 12.1. The number of ketones is 1. The fourth-order valence-corrected chi connectivity index (χ4v) is 3.20. The fourth-order valence-electron chi connectivity index (χ4n) is 3.20. The number of nitro groups is 1. The van der Waals surface area contributed by atoms with E-state index in [0.717, 1.165) is 4.90 Å². The predicted octanol–water partition coefficient (Wildman–Crippen LogP) is 1.16. The lowest BCUT2D eigenvalue weighted by atomic mass is 9.95. The van der Waals surface area contributed by atoms with Gasteiger partial charge in [0.1, 0.15) is 5.76 Å². The number of carboxylic acid groups (broad SMARTS) is 1. The minimum absolute atomic E-state index is 0.191. The Morgan fingerprint density at radius 2 is 1.69 bits per heavy atom. The number of hydrogen-bond acceptors (Lipinski definition) is 7. The molecule has 1 N–H and O–H groups in total. The van der Waals surface area contributed by atoms with Gasteiger partial charge in [-0.15, -0.1) is 0 Å². The first-order valence-electron chi connectivity index (χ1n) is 8.59. The Hall–Kier alpha value is -4.01. The Morgan fingerprint density at radius 3 is 2.24 bits per heavy atom. The number of carboxylic acids is 1. The summed E-state index contributed by atoms with van der Waals surface area (Å²) in [5.74, 6) is -3.75. The molecule has 0 unspecified atom stereocenters. The third-order valence-electron chi connectivity index (χ3n) is 4.56. The molecule has 148 valence electrons. The minimum Gasteiger partial charge on any atom is -0.550 e. The number of aliphatic carboxylic acids is 1. The van der Waals surface area contributed by atoms with Crippen LogP contribution in [0.3, 0.4) is 0 Å². The summed E-state index contributed by atoms with van der Waals surface area (Å²) in [6.07, 6.45) is -0.512. The molecule has 3 rings (SSSR count). The van der Waals surface area contributed by atoms with Crippen LogP contribution in [0.15, 0.2) is 60.2 Å². The average molecular weight is 395 g/mol. The van der Waals surface area contributed by atoms with Crippen molar-refractivity contribution in [2.24, 2.45) is 0 Å². The molecule has 0 saturated carbocycles. The van der Waals surface area contributed by atoms with E-state index in [-0.39, 0.29) is 17.8 Å². The molecule has 0 bridgehead atoms. The predicted molar refractivity (Wildman–Crippen MR) is 98.2 cm³/mol. The lowest BCUT2D eigenvalue weighted by Crippen LogP contribution is -2.34. The maximum absolute atomic E-state index is 12.7. The SMILES string of the molecule is O=C([O-])CCN1C(=O)C(=O)C(=C(O)c2ccccc2)[C@@H]1c1ccc([N+](=O)[O-])cc1. The Labute approximate surface area is 164 Å². The first-order valence-corrected chi connectivity index (χ1v) is 8.59. The van der Waals surface area contributed by atoms with E-state index < -0.39 is 40.8 Å². The second-order valence-corrected chi connectivity index (χ2v) is 6.33. The number of likely N-dealkylation sites (tertiary alicyclic amines) is 1. The summed E-state index contributed by atoms with van der Waals surface area (Å²) >= 11 is 0. The van der Waals surface area contributed by atoms with E-state index in [1.54, 1.807) is 30.3 Å². The van der Waals surface area contributed by atoms with Crippen molar-refractivity contribution in [3.05, 3.63) is 81.4 Å². The van der Waals surface area contributed by atoms with Gasteiger partial charge in [-0.05, 0) is 17.7 Å². The zero-order valence-electron chi connectivity index (χ0n) is 15.0. The number of aliphatic hydroxyl groups is 1. The van der Waals surface area contributed by atoms with Gasteiger partial charge in [0.15, 0.2) is 0 Å². The maximum Gasteiger partial charge on any atom is 0.295 e. The van der Waals surface area contributed by atoms with Crippen LogP contribution in [0.25, 0.3) is 5.76 Å². The number of Topliss-reactive ketones (excluding diaryl/α,β-unsaturated/α-hetero) is 1. The number of non-ortho nitro benzene ring substituents is 1. The van der Waals surface area contributed by atoms with Crippen LogP contribution in [0.4, 0.5) is 5.69 Å². The number of carbonyl (C=O) groups is 3. The highest BCUT2D eigenvalue weighted by Gasteiger charge is 2.45. The van der Waals surface area contributed by atoms with Crippen LogP contribution in [-0.4, -0.2) is 39.1 Å². The van der Waals surface area contributed by atoms with E-state index in [1.165, 1.54) is 24.3 Å². The molecule has 1 aliphatic heterocycles. The summed E-state index contributed by atoms with van der Waals surface area (Å²) in [5, 5.41) is 32.5. The summed E-state index contributed by atoms with van der Waals surface area (Å²) in [6.45, 7) is -0.319. The van der Waals surface area contributed by atoms with Gasteiger partial charge in [0.05, 0.1) is 16.5 Å². The van der Waals surface area contributed by atoms with Crippen LogP contribution >= 0.6 is 0 Å². The zero-order valence-corrected chi connectivity index (χ0v) is 15.0. The van der Waals surface area contributed by atoms with E-state index in [0.29, 0.717) is 11.1 Å². The quantitative estimate of drug-likeness (QED) is 0.254. The van der Waals surface area contributed by atoms with Crippen molar-refractivity contribution in [1.29, 1.82) is 0 Å². The molecule has 29 heavy (non-hydrogen) atoms. The smallest absolute Gasteiger partial charge is 0.295 e. The monoisotopic (exact) mass is 395 g/mol. The van der Waals surface area contributed by atoms with Gasteiger partial charge in [0, 0.05) is 36.6 Å². The van der Waals surface area contributed by atoms with Crippen molar-refractivity contribution < 1.29 is 29.5 Å². The van der Waals surface area contributed by atoms with E-state index in [9.17, 15) is 34.7 Å². The topological polar surface area (TPSA) is 141 Å². The molecule has 0 aromatic heterocycles. The number of amides is 1. The molecular weight excluding hydrogens is 380 g/mol. The van der Waals surface area contributed by atoms with Crippen molar-refractivity contribution in [3.8, 4) is 0 Å². The molecule has 1 fully saturated rings. The molecule has 0 aliphatic carbocycles. The average Bonchev–Trinajstić information content (AvgIpc) is 2.97. The van der Waals surface area contributed by atoms with Crippen LogP contribution in [0.5, 0.6) is 0 Å². The molecule has 2 aromatic carbocycles. The molecule has 1 aliphatic rings. The molecule has 9 heteroatoms. The van der Waals surface area contributed by atoms with Gasteiger partial charge >= 0.3 is 0 Å². The number of rotatable bonds is 6. The van der Waals surface area contributed by atoms with Crippen molar-refractivity contribution in [3.63, 3.8) is 0 Å². The maximum atomic E-state index is 12.7. The molecule has 1 atom stereocenters. The van der Waals surface area contributed by atoms with E-state index in [1.807, 2.05) is 0 Å². The summed E-state index contributed by atoms with van der Waals surface area (Å²) in [7, 11) is 0. The van der Waals surface area contributed by atoms with Gasteiger partial charge in [0.2, 0.25) is 0 Å². The number of nitro benzene ring substituents is 1. The minimum atomic E-state index is -1.41. The molecule has 0 radical (unpaired) electrons. The standard InChI is InChI=1S/C20H16N2O7/c23-15(24)10-11-21-17(12-6-8-14(9-7-12)22(28)29)16(19(26)20(21)27)18(25)13-4-2-1-3-5-13/h1-9,17,25H,10-11H2,(H,23,24)/p-1/t17-/m0/s1. The highest BCUT2D eigenvalue weighted by molar-refractivity contribution is 6.46. The second-order valence-electron chi connectivity index (χ2n) is 6.33. The molecule has 1 amide bonds. The van der Waals surface area contributed by atoms with Crippen molar-refractivity contribution in [1.82, 2.24) is 4.90 Å². The van der Waals surface area contributed by atoms with Crippen molar-refractivity contribution in [2.45, 2.75) is 12.5 Å². The van der Waals surface area contributed by atoms with Crippen LogP contribution in [0, 0.1) is 10.1 Å². The van der Waals surface area contributed by atoms with Crippen LogP contribution < -0.4 is 5.11 Å². The van der Waals surface area contributed by atoms with Crippen LogP contribution in [0.1, 0.15) is 23.6 Å². The van der Waals surface area contributed by atoms with Crippen LogP contribution in [-0.2, 0) is 14.4 Å². The summed E-state index contributed by atoms with van der Waals surface area (Å²) in [4.78, 5) is 47.4. The molecule has 2 aromatic rings. The Kier molecular flexibility index (Phi) is 5.40. The molecular formula is C20H15N2O7-. The van der Waals surface area contributed by atoms with Crippen molar-refractivity contribution >= 4 is 29.1 Å². The number of nitrogens with zero attached hydrogens (tertiary/aromatic N) is 2. The van der Waals surface area contributed by atoms with Gasteiger partial charge in [-0.2, -0.15) is 0 Å². The Bertz CT molecular complexity index is 1010. The molecule has 9 nitrogen and oxygen atoms in total. The molecule has 1 heterocycles. The van der Waals surface area contributed by atoms with E-state index in [2.05, 4.69) is 0 Å². The highest BCUT2D eigenvalue weighted by atomic mass is 16.6. The van der Waals surface area contributed by atoms with Gasteiger partial charge in [-0.3, -0.25) is 19.7 Å². The van der Waals surface area contributed by atoms with Gasteiger partial charge in [-0.25, -0.2) is 0 Å². The van der Waals surface area contributed by atoms with E-state index in [4.69, 9.17) is 0 Å². The third-order valence-corrected chi connectivity index (χ3v) is 4.56. The molecule has 1 saturated heterocycles.